The minimum Gasteiger partial charge on any atom is -0.481 e. The maximum absolute atomic E-state index is 13.3. The van der Waals surface area contributed by atoms with E-state index in [2.05, 4.69) is 20.8 Å². The summed E-state index contributed by atoms with van der Waals surface area (Å²) >= 11 is 0. The number of carboxylic acid groups (broad SMARTS) is 1. The number of fused-ring (bicyclic) bond motifs is 5. The van der Waals surface area contributed by atoms with E-state index in [9.17, 15) is 14.7 Å². The van der Waals surface area contributed by atoms with Gasteiger partial charge in [0.25, 0.3) is 0 Å². The smallest absolute Gasteiger partial charge is 0.303 e. The fourth-order valence-electron chi connectivity index (χ4n) is 8.44. The Balaban J connectivity index is 1.56. The molecule has 0 aromatic carbocycles. The van der Waals surface area contributed by atoms with Crippen LogP contribution in [0.4, 0.5) is 0 Å². The zero-order valence-electron chi connectivity index (χ0n) is 17.8. The predicted octanol–water partition coefficient (Wildman–Crippen LogP) is 4.69. The second kappa shape index (κ2) is 7.11. The molecule has 2 N–H and O–H groups in total. The van der Waals surface area contributed by atoms with Gasteiger partial charge in [0.1, 0.15) is 5.78 Å². The van der Waals surface area contributed by atoms with Crippen LogP contribution in [0.25, 0.3) is 0 Å². The first-order valence-corrected chi connectivity index (χ1v) is 11.6. The molecule has 4 aliphatic carbocycles. The summed E-state index contributed by atoms with van der Waals surface area (Å²) in [4.78, 5) is 24.4. The van der Waals surface area contributed by atoms with Crippen LogP contribution in [0.3, 0.4) is 0 Å². The lowest BCUT2D eigenvalue weighted by atomic mass is 9.44. The Kier molecular flexibility index (Phi) is 5.17. The molecule has 0 amide bonds. The van der Waals surface area contributed by atoms with E-state index in [-0.39, 0.29) is 29.3 Å². The van der Waals surface area contributed by atoms with Crippen LogP contribution in [0.5, 0.6) is 0 Å². The molecular weight excluding hydrogens is 352 g/mol. The highest BCUT2D eigenvalue weighted by molar-refractivity contribution is 5.83. The number of rotatable bonds is 4. The van der Waals surface area contributed by atoms with E-state index < -0.39 is 5.97 Å². The highest BCUT2D eigenvalue weighted by Gasteiger charge is 2.62. The van der Waals surface area contributed by atoms with Crippen LogP contribution < -0.4 is 0 Å². The Morgan fingerprint density at radius 2 is 1.79 bits per heavy atom. The highest BCUT2D eigenvalue weighted by atomic mass is 16.4. The number of ketones is 1. The molecule has 0 heterocycles. The van der Waals surface area contributed by atoms with E-state index in [1.807, 2.05) is 0 Å². The summed E-state index contributed by atoms with van der Waals surface area (Å²) in [6, 6.07) is 0. The Morgan fingerprint density at radius 3 is 2.50 bits per heavy atom. The van der Waals surface area contributed by atoms with Crippen molar-refractivity contribution in [3.05, 3.63) is 0 Å². The average Bonchev–Trinajstić information content (AvgIpc) is 2.98. The molecule has 4 saturated carbocycles. The third-order valence-corrected chi connectivity index (χ3v) is 10.0. The first kappa shape index (κ1) is 20.4. The molecule has 4 fully saturated rings. The fraction of sp³-hybridized carbons (Fsp3) is 0.917. The lowest BCUT2D eigenvalue weighted by molar-refractivity contribution is -0.160. The van der Waals surface area contributed by atoms with Crippen LogP contribution >= 0.6 is 0 Å². The molecule has 0 bridgehead atoms. The van der Waals surface area contributed by atoms with Crippen molar-refractivity contribution in [1.29, 1.82) is 0 Å². The Morgan fingerprint density at radius 1 is 1.11 bits per heavy atom. The molecule has 0 aliphatic heterocycles. The van der Waals surface area contributed by atoms with Gasteiger partial charge in [0.15, 0.2) is 0 Å². The molecule has 28 heavy (non-hydrogen) atoms. The van der Waals surface area contributed by atoms with Crippen LogP contribution in [-0.4, -0.2) is 28.1 Å². The third-order valence-electron chi connectivity index (χ3n) is 10.0. The van der Waals surface area contributed by atoms with Crippen molar-refractivity contribution in [3.63, 3.8) is 0 Å². The van der Waals surface area contributed by atoms with Gasteiger partial charge < -0.3 is 10.2 Å². The molecule has 4 aliphatic rings. The molecule has 0 saturated heterocycles. The maximum Gasteiger partial charge on any atom is 0.303 e. The van der Waals surface area contributed by atoms with Crippen molar-refractivity contribution < 1.29 is 19.8 Å². The van der Waals surface area contributed by atoms with Gasteiger partial charge in [-0.25, -0.2) is 0 Å². The summed E-state index contributed by atoms with van der Waals surface area (Å²) in [5, 5.41) is 19.3. The van der Waals surface area contributed by atoms with Gasteiger partial charge in [-0.2, -0.15) is 0 Å². The standard InChI is InChI=1S/C24H38O4/c1-14(4-7-21(27)28)17-5-6-18-22-19(9-11-24(17,18)3)23(2)10-8-16(25)12-15(23)13-20(22)26/h14-19,22,25H,4-13H2,1-3H3,(H,27,28)/t14-,15?,16-,17-,18+,19+,22?,23+,24?/m1/s1. The van der Waals surface area contributed by atoms with E-state index in [4.69, 9.17) is 5.11 Å². The van der Waals surface area contributed by atoms with Gasteiger partial charge in [0, 0.05) is 18.8 Å². The molecule has 3 unspecified atom stereocenters. The largest absolute Gasteiger partial charge is 0.481 e. The molecule has 4 heteroatoms. The number of aliphatic hydroxyl groups excluding tert-OH is 1. The third kappa shape index (κ3) is 3.05. The lowest BCUT2D eigenvalue weighted by Gasteiger charge is -2.60. The average molecular weight is 391 g/mol. The minimum absolute atomic E-state index is 0.187. The van der Waals surface area contributed by atoms with E-state index in [0.717, 1.165) is 44.9 Å². The number of carbonyl (C=O) groups excluding carboxylic acids is 1. The normalized spacial score (nSPS) is 49.1. The SMILES string of the molecule is C[C@H](CCC(=O)O)[C@H]1CC[C@H]2C3C(=O)CC4C[C@H](O)CC[C@]4(C)[C@H]3CCC12C. The molecule has 9 atom stereocenters. The predicted molar refractivity (Wildman–Crippen MR) is 108 cm³/mol. The number of hydrogen-bond acceptors (Lipinski definition) is 3. The first-order chi connectivity index (χ1) is 13.2. The molecule has 4 rings (SSSR count). The van der Waals surface area contributed by atoms with Crippen LogP contribution in [0.15, 0.2) is 0 Å². The van der Waals surface area contributed by atoms with Gasteiger partial charge in [0.2, 0.25) is 0 Å². The Hall–Kier alpha value is -0.900. The van der Waals surface area contributed by atoms with Crippen LogP contribution in [0.1, 0.15) is 85.0 Å². The fourth-order valence-corrected chi connectivity index (χ4v) is 8.44. The van der Waals surface area contributed by atoms with Gasteiger partial charge in [-0.15, -0.1) is 0 Å². The molecule has 0 aromatic rings. The summed E-state index contributed by atoms with van der Waals surface area (Å²) in [6.45, 7) is 7.06. The van der Waals surface area contributed by atoms with E-state index >= 15 is 0 Å². The van der Waals surface area contributed by atoms with Gasteiger partial charge in [-0.05, 0) is 91.8 Å². The Labute approximate surface area is 169 Å². The second-order valence-electron chi connectivity index (χ2n) is 11.2. The number of hydrogen-bond donors (Lipinski definition) is 2. The summed E-state index contributed by atoms with van der Waals surface area (Å²) in [5.41, 5.74) is 0.401. The summed E-state index contributed by atoms with van der Waals surface area (Å²) in [7, 11) is 0. The number of carboxylic acids is 1. The van der Waals surface area contributed by atoms with Crippen LogP contribution in [0.2, 0.25) is 0 Å². The first-order valence-electron chi connectivity index (χ1n) is 11.6. The number of Topliss-reactive ketones (excluding diaryl/α,β-unsaturated/α-hetero) is 1. The quantitative estimate of drug-likeness (QED) is 0.730. The van der Waals surface area contributed by atoms with Gasteiger partial charge in [-0.1, -0.05) is 20.8 Å². The van der Waals surface area contributed by atoms with Crippen molar-refractivity contribution in [2.45, 2.75) is 91.1 Å². The molecule has 0 aromatic heterocycles. The van der Waals surface area contributed by atoms with Crippen molar-refractivity contribution in [1.82, 2.24) is 0 Å². The van der Waals surface area contributed by atoms with Crippen molar-refractivity contribution in [3.8, 4) is 0 Å². The molecule has 4 nitrogen and oxygen atoms in total. The van der Waals surface area contributed by atoms with Gasteiger partial charge in [0.05, 0.1) is 6.10 Å². The van der Waals surface area contributed by atoms with E-state index in [0.29, 0.717) is 41.8 Å². The van der Waals surface area contributed by atoms with Crippen LogP contribution in [0, 0.1) is 46.3 Å². The minimum atomic E-state index is -0.698. The molecule has 0 radical (unpaired) electrons. The van der Waals surface area contributed by atoms with E-state index in [1.165, 1.54) is 6.42 Å². The summed E-state index contributed by atoms with van der Waals surface area (Å²) in [6.07, 6.45) is 8.81. The van der Waals surface area contributed by atoms with Gasteiger partial charge >= 0.3 is 5.97 Å². The number of aliphatic carboxylic acids is 1. The topological polar surface area (TPSA) is 74.6 Å². The lowest BCUT2D eigenvalue weighted by Crippen LogP contribution is -2.57. The zero-order valence-corrected chi connectivity index (χ0v) is 17.8. The molecular formula is C24H38O4. The van der Waals surface area contributed by atoms with Crippen molar-refractivity contribution >= 4 is 11.8 Å². The molecule has 0 spiro atoms. The molecule has 158 valence electrons. The second-order valence-corrected chi connectivity index (χ2v) is 11.2. The number of carbonyl (C=O) groups is 2. The van der Waals surface area contributed by atoms with Crippen molar-refractivity contribution in [2.24, 2.45) is 46.3 Å². The summed E-state index contributed by atoms with van der Waals surface area (Å²) in [5.74, 6) is 2.25. The highest BCUT2D eigenvalue weighted by Crippen LogP contribution is 2.67. The van der Waals surface area contributed by atoms with E-state index in [1.54, 1.807) is 0 Å². The zero-order chi connectivity index (χ0) is 20.3. The number of aliphatic hydroxyl groups is 1. The van der Waals surface area contributed by atoms with Crippen LogP contribution in [-0.2, 0) is 9.59 Å². The maximum atomic E-state index is 13.3. The van der Waals surface area contributed by atoms with Gasteiger partial charge in [-0.3, -0.25) is 9.59 Å². The summed E-state index contributed by atoms with van der Waals surface area (Å²) < 4.78 is 0. The monoisotopic (exact) mass is 390 g/mol. The van der Waals surface area contributed by atoms with Crippen molar-refractivity contribution in [2.75, 3.05) is 0 Å². The Bertz CT molecular complexity index is 645.